The summed E-state index contributed by atoms with van der Waals surface area (Å²) >= 11 is 0. The van der Waals surface area contributed by atoms with Gasteiger partial charge < -0.3 is 24.1 Å². The normalized spacial score (nSPS) is 15.6. The Kier molecular flexibility index (Phi) is 5.29. The summed E-state index contributed by atoms with van der Waals surface area (Å²) in [7, 11) is -2.62. The summed E-state index contributed by atoms with van der Waals surface area (Å²) in [6, 6.07) is 18.2. The molecule has 0 unspecified atom stereocenters. The van der Waals surface area contributed by atoms with E-state index >= 15 is 0 Å². The average molecular weight is 481 g/mol. The molecule has 0 radical (unpaired) electrons. The van der Waals surface area contributed by atoms with Crippen molar-refractivity contribution in [1.29, 1.82) is 0 Å². The van der Waals surface area contributed by atoms with Crippen LogP contribution in [0.2, 0.25) is 0 Å². The molecular formula is C24H19NO8S. The van der Waals surface area contributed by atoms with Crippen molar-refractivity contribution in [3.8, 4) is 17.2 Å². The summed E-state index contributed by atoms with van der Waals surface area (Å²) in [4.78, 5) is 11.7. The topological polar surface area (TPSA) is 112 Å². The van der Waals surface area contributed by atoms with E-state index in [4.69, 9.17) is 18.9 Å². The summed E-state index contributed by atoms with van der Waals surface area (Å²) in [6.07, 6.45) is -1.64. The van der Waals surface area contributed by atoms with Crippen LogP contribution in [0.5, 0.6) is 17.2 Å². The van der Waals surface area contributed by atoms with Gasteiger partial charge in [-0.25, -0.2) is 17.5 Å². The van der Waals surface area contributed by atoms with Crippen molar-refractivity contribution in [1.82, 2.24) is 4.31 Å². The number of methoxy groups -OCH3 is 1. The maximum Gasteiger partial charge on any atom is 0.512 e. The van der Waals surface area contributed by atoms with Crippen LogP contribution in [0.4, 0.5) is 4.79 Å². The molecule has 9 nitrogen and oxygen atoms in total. The molecule has 3 aromatic rings. The van der Waals surface area contributed by atoms with E-state index in [9.17, 15) is 18.3 Å². The van der Waals surface area contributed by atoms with E-state index in [1.165, 1.54) is 13.2 Å². The van der Waals surface area contributed by atoms with Crippen molar-refractivity contribution in [2.45, 2.75) is 11.4 Å². The van der Waals surface area contributed by atoms with E-state index in [1.54, 1.807) is 60.7 Å². The van der Waals surface area contributed by atoms with Gasteiger partial charge in [-0.05, 0) is 41.5 Å². The van der Waals surface area contributed by atoms with Crippen LogP contribution in [0, 0.1) is 0 Å². The van der Waals surface area contributed by atoms with Gasteiger partial charge in [0.05, 0.1) is 24.1 Å². The predicted molar refractivity (Wildman–Crippen MR) is 120 cm³/mol. The van der Waals surface area contributed by atoms with Gasteiger partial charge >= 0.3 is 6.16 Å². The van der Waals surface area contributed by atoms with Gasteiger partial charge in [0.2, 0.25) is 12.7 Å². The van der Waals surface area contributed by atoms with Gasteiger partial charge in [0.25, 0.3) is 10.0 Å². The largest absolute Gasteiger partial charge is 0.512 e. The van der Waals surface area contributed by atoms with Crippen LogP contribution in [-0.4, -0.2) is 37.9 Å². The molecule has 34 heavy (non-hydrogen) atoms. The molecule has 0 amide bonds. The Labute approximate surface area is 195 Å². The Morgan fingerprint density at radius 2 is 1.76 bits per heavy atom. The minimum Gasteiger partial charge on any atom is -0.497 e. The molecule has 0 aliphatic carbocycles. The second kappa shape index (κ2) is 8.31. The highest BCUT2D eigenvalue weighted by Crippen LogP contribution is 2.44. The molecule has 1 N–H and O–H groups in total. The standard InChI is InChI=1S/C24H19NO8S/c1-30-17-9-6-15(7-10-17)13-25-23(33-24(26)27)22(16-8-11-19-20(12-16)32-14-31-19)18-4-2-3-5-21(18)34(25,28)29/h2-12H,13-14H2,1H3,(H,26,27). The number of carbonyl (C=O) groups is 1. The zero-order valence-electron chi connectivity index (χ0n) is 17.9. The van der Waals surface area contributed by atoms with Gasteiger partial charge in [0, 0.05) is 5.56 Å². The average Bonchev–Trinajstić information content (AvgIpc) is 3.30. The second-order valence-corrected chi connectivity index (χ2v) is 9.30. The third kappa shape index (κ3) is 3.67. The van der Waals surface area contributed by atoms with Gasteiger partial charge in [-0.1, -0.05) is 36.4 Å². The minimum atomic E-state index is -4.14. The first-order chi connectivity index (χ1) is 16.4. The van der Waals surface area contributed by atoms with Crippen molar-refractivity contribution in [2.75, 3.05) is 13.9 Å². The summed E-state index contributed by atoms with van der Waals surface area (Å²) < 4.78 is 49.4. The van der Waals surface area contributed by atoms with Gasteiger partial charge in [0.15, 0.2) is 11.5 Å². The summed E-state index contributed by atoms with van der Waals surface area (Å²) in [5.41, 5.74) is 1.76. The Hall–Kier alpha value is -4.18. The van der Waals surface area contributed by atoms with E-state index < -0.39 is 16.2 Å². The number of sulfonamides is 1. The van der Waals surface area contributed by atoms with Crippen LogP contribution < -0.4 is 14.2 Å². The zero-order valence-corrected chi connectivity index (χ0v) is 18.7. The summed E-state index contributed by atoms with van der Waals surface area (Å²) in [5, 5.41) is 9.52. The lowest BCUT2D eigenvalue weighted by molar-refractivity contribution is 0.101. The lowest BCUT2D eigenvalue weighted by Crippen LogP contribution is -2.36. The number of fused-ring (bicyclic) bond motifs is 2. The quantitative estimate of drug-likeness (QED) is 0.544. The molecule has 2 heterocycles. The fourth-order valence-electron chi connectivity index (χ4n) is 3.94. The molecule has 5 rings (SSSR count). The van der Waals surface area contributed by atoms with Crippen LogP contribution in [0.15, 0.2) is 77.5 Å². The molecule has 10 heteroatoms. The number of carboxylic acid groups (broad SMARTS) is 1. The second-order valence-electron chi connectivity index (χ2n) is 7.47. The number of rotatable bonds is 5. The first-order valence-corrected chi connectivity index (χ1v) is 11.6. The first kappa shape index (κ1) is 21.7. The molecular weight excluding hydrogens is 462 g/mol. The lowest BCUT2D eigenvalue weighted by Gasteiger charge is -2.32. The molecule has 3 aromatic carbocycles. The van der Waals surface area contributed by atoms with Crippen molar-refractivity contribution >= 4 is 21.8 Å². The van der Waals surface area contributed by atoms with E-state index in [0.29, 0.717) is 39.5 Å². The van der Waals surface area contributed by atoms with Crippen molar-refractivity contribution < 1.29 is 37.3 Å². The Balaban J connectivity index is 1.73. The van der Waals surface area contributed by atoms with E-state index in [2.05, 4.69) is 0 Å². The first-order valence-electron chi connectivity index (χ1n) is 10.2. The number of benzene rings is 3. The lowest BCUT2D eigenvalue weighted by atomic mass is 9.97. The highest BCUT2D eigenvalue weighted by Gasteiger charge is 2.40. The van der Waals surface area contributed by atoms with Crippen molar-refractivity contribution in [2.24, 2.45) is 0 Å². The smallest absolute Gasteiger partial charge is 0.497 e. The molecule has 0 saturated heterocycles. The number of ether oxygens (including phenoxy) is 4. The highest BCUT2D eigenvalue weighted by atomic mass is 32.2. The van der Waals surface area contributed by atoms with Crippen LogP contribution in [0.1, 0.15) is 16.7 Å². The minimum absolute atomic E-state index is 0.0360. The van der Waals surface area contributed by atoms with Gasteiger partial charge in [-0.2, -0.15) is 0 Å². The molecule has 0 atom stereocenters. The van der Waals surface area contributed by atoms with Gasteiger partial charge in [-0.3, -0.25) is 0 Å². The fraction of sp³-hybridized carbons (Fsp3) is 0.125. The zero-order chi connectivity index (χ0) is 23.9. The monoisotopic (exact) mass is 481 g/mol. The van der Waals surface area contributed by atoms with Crippen LogP contribution in [-0.2, 0) is 21.3 Å². The predicted octanol–water partition coefficient (Wildman–Crippen LogP) is 4.04. The molecule has 0 bridgehead atoms. The molecule has 0 spiro atoms. The van der Waals surface area contributed by atoms with Crippen molar-refractivity contribution in [3.63, 3.8) is 0 Å². The third-order valence-electron chi connectivity index (χ3n) is 5.50. The third-order valence-corrected chi connectivity index (χ3v) is 7.28. The van der Waals surface area contributed by atoms with Crippen LogP contribution in [0.25, 0.3) is 5.57 Å². The molecule has 2 aliphatic heterocycles. The van der Waals surface area contributed by atoms with E-state index in [-0.39, 0.29) is 24.1 Å². The Bertz CT molecular complexity index is 1410. The fourth-order valence-corrected chi connectivity index (χ4v) is 5.54. The van der Waals surface area contributed by atoms with Gasteiger partial charge in [0.1, 0.15) is 5.75 Å². The van der Waals surface area contributed by atoms with Gasteiger partial charge in [-0.15, -0.1) is 0 Å². The summed E-state index contributed by atoms with van der Waals surface area (Å²) in [6.45, 7) is -0.0950. The SMILES string of the molecule is COc1ccc(CN2C(OC(=O)O)=C(c3ccc4c(c3)OCO4)c3ccccc3S2(=O)=O)cc1. The van der Waals surface area contributed by atoms with Crippen LogP contribution in [0.3, 0.4) is 0 Å². The number of nitrogens with zero attached hydrogens (tertiary/aromatic N) is 1. The molecule has 174 valence electrons. The highest BCUT2D eigenvalue weighted by molar-refractivity contribution is 7.89. The summed E-state index contributed by atoms with van der Waals surface area (Å²) in [5.74, 6) is 1.29. The molecule has 2 aliphatic rings. The van der Waals surface area contributed by atoms with E-state index in [0.717, 1.165) is 4.31 Å². The van der Waals surface area contributed by atoms with E-state index in [1.807, 2.05) is 0 Å². The van der Waals surface area contributed by atoms with Crippen LogP contribution >= 0.6 is 0 Å². The van der Waals surface area contributed by atoms with Crippen molar-refractivity contribution in [3.05, 3.63) is 89.3 Å². The molecule has 0 aromatic heterocycles. The number of hydrogen-bond acceptors (Lipinski definition) is 7. The number of hydrogen-bond donors (Lipinski definition) is 1. The maximum absolute atomic E-state index is 13.6. The maximum atomic E-state index is 13.6. The molecule has 0 fully saturated rings. The Morgan fingerprint density at radius 1 is 1.03 bits per heavy atom. The molecule has 0 saturated carbocycles. The Morgan fingerprint density at radius 3 is 2.50 bits per heavy atom.